The summed E-state index contributed by atoms with van der Waals surface area (Å²) in [4.78, 5) is 0. The van der Waals surface area contributed by atoms with Crippen LogP contribution in [-0.2, 0) is 0 Å². The molecule has 2 nitrogen and oxygen atoms in total. The van der Waals surface area contributed by atoms with Crippen LogP contribution in [0, 0.1) is 0 Å². The summed E-state index contributed by atoms with van der Waals surface area (Å²) >= 11 is 0. The summed E-state index contributed by atoms with van der Waals surface area (Å²) in [6.07, 6.45) is 3.93. The van der Waals surface area contributed by atoms with Gasteiger partial charge in [-0.3, -0.25) is 0 Å². The molecule has 0 amide bonds. The second kappa shape index (κ2) is 0.957. The predicted octanol–water partition coefficient (Wildman–Crippen LogP) is 0.00260. The molecule has 0 aromatic carbocycles. The molecular weight excluding hydrogens is 102 g/mol. The van der Waals surface area contributed by atoms with E-state index in [-0.39, 0.29) is 5.54 Å². The molecule has 3 N–H and O–H groups in total. The van der Waals surface area contributed by atoms with Gasteiger partial charge in [0, 0.05) is 5.54 Å². The average Bonchev–Trinajstić information content (AvgIpc) is 2.46. The highest BCUT2D eigenvalue weighted by atomic mass is 16.3. The summed E-state index contributed by atoms with van der Waals surface area (Å²) in [5.74, 6) is 0. The second-order valence-corrected chi connectivity index (χ2v) is 3.19. The molecule has 0 saturated heterocycles. The van der Waals surface area contributed by atoms with E-state index in [9.17, 15) is 5.11 Å². The molecule has 2 heteroatoms. The van der Waals surface area contributed by atoms with Crippen LogP contribution in [0.25, 0.3) is 0 Å². The lowest BCUT2D eigenvalue weighted by Gasteiger charge is -2.14. The van der Waals surface area contributed by atoms with Crippen LogP contribution in [-0.4, -0.2) is 16.2 Å². The van der Waals surface area contributed by atoms with Crippen molar-refractivity contribution in [2.24, 2.45) is 5.73 Å². The number of hydrogen-bond donors (Lipinski definition) is 2. The summed E-state index contributed by atoms with van der Waals surface area (Å²) in [7, 11) is 0. The number of hydrogen-bond acceptors (Lipinski definition) is 2. The van der Waals surface area contributed by atoms with Gasteiger partial charge in [0.1, 0.15) is 0 Å². The Morgan fingerprint density at radius 2 is 1.62 bits per heavy atom. The van der Waals surface area contributed by atoms with Crippen molar-refractivity contribution in [1.82, 2.24) is 0 Å². The van der Waals surface area contributed by atoms with Gasteiger partial charge in [-0.2, -0.15) is 0 Å². The van der Waals surface area contributed by atoms with Crippen molar-refractivity contribution >= 4 is 0 Å². The van der Waals surface area contributed by atoms with Crippen molar-refractivity contribution in [3.63, 3.8) is 0 Å². The van der Waals surface area contributed by atoms with E-state index >= 15 is 0 Å². The van der Waals surface area contributed by atoms with Crippen molar-refractivity contribution in [1.29, 1.82) is 0 Å². The fourth-order valence-electron chi connectivity index (χ4n) is 1.22. The van der Waals surface area contributed by atoms with Crippen LogP contribution in [0.4, 0.5) is 0 Å². The van der Waals surface area contributed by atoms with Gasteiger partial charge in [0.25, 0.3) is 0 Å². The maximum atomic E-state index is 9.40. The maximum absolute atomic E-state index is 9.40. The molecule has 2 aliphatic carbocycles. The Morgan fingerprint density at radius 3 is 1.75 bits per heavy atom. The quantitative estimate of drug-likeness (QED) is 0.503. The van der Waals surface area contributed by atoms with Gasteiger partial charge in [0.15, 0.2) is 0 Å². The number of rotatable bonds is 1. The van der Waals surface area contributed by atoms with Crippen LogP contribution < -0.4 is 5.73 Å². The molecule has 2 fully saturated rings. The SMILES string of the molecule is NC1(C2(O)CC2)CC1. The molecule has 0 radical (unpaired) electrons. The molecule has 0 aromatic heterocycles. The fourth-order valence-corrected chi connectivity index (χ4v) is 1.22. The molecule has 0 unspecified atom stereocenters. The summed E-state index contributed by atoms with van der Waals surface area (Å²) in [5, 5.41) is 9.40. The molecule has 2 saturated carbocycles. The van der Waals surface area contributed by atoms with Crippen LogP contribution in [0.3, 0.4) is 0 Å². The third-order valence-corrected chi connectivity index (χ3v) is 2.44. The van der Waals surface area contributed by atoms with E-state index in [1.807, 2.05) is 0 Å². The van der Waals surface area contributed by atoms with Crippen LogP contribution in [0.2, 0.25) is 0 Å². The van der Waals surface area contributed by atoms with Gasteiger partial charge in [-0.25, -0.2) is 0 Å². The Morgan fingerprint density at radius 1 is 1.12 bits per heavy atom. The van der Waals surface area contributed by atoms with Gasteiger partial charge in [-0.05, 0) is 25.7 Å². The molecular formula is C6H11NO. The first kappa shape index (κ1) is 4.77. The maximum Gasteiger partial charge on any atom is 0.0828 e. The Labute approximate surface area is 48.7 Å². The van der Waals surface area contributed by atoms with Crippen molar-refractivity contribution in [2.45, 2.75) is 36.8 Å². The predicted molar refractivity (Wildman–Crippen MR) is 30.3 cm³/mol. The lowest BCUT2D eigenvalue weighted by atomic mass is 10.1. The molecule has 0 bridgehead atoms. The van der Waals surface area contributed by atoms with E-state index in [1.54, 1.807) is 0 Å². The van der Waals surface area contributed by atoms with E-state index in [1.165, 1.54) is 0 Å². The van der Waals surface area contributed by atoms with Gasteiger partial charge in [0.05, 0.1) is 5.60 Å². The first-order valence-electron chi connectivity index (χ1n) is 3.18. The molecule has 0 aromatic rings. The zero-order valence-corrected chi connectivity index (χ0v) is 4.85. The van der Waals surface area contributed by atoms with E-state index in [0.29, 0.717) is 0 Å². The van der Waals surface area contributed by atoms with Crippen molar-refractivity contribution < 1.29 is 5.11 Å². The minimum absolute atomic E-state index is 0.146. The van der Waals surface area contributed by atoms with Crippen LogP contribution in [0.15, 0.2) is 0 Å². The summed E-state index contributed by atoms with van der Waals surface area (Å²) in [5.41, 5.74) is 5.17. The first-order chi connectivity index (χ1) is 3.66. The summed E-state index contributed by atoms with van der Waals surface area (Å²) in [6, 6.07) is 0. The van der Waals surface area contributed by atoms with Gasteiger partial charge >= 0.3 is 0 Å². The van der Waals surface area contributed by atoms with Gasteiger partial charge < -0.3 is 10.8 Å². The first-order valence-corrected chi connectivity index (χ1v) is 3.18. The Kier molecular flexibility index (Phi) is 0.570. The Bertz CT molecular complexity index is 108. The van der Waals surface area contributed by atoms with Crippen LogP contribution in [0.1, 0.15) is 25.7 Å². The topological polar surface area (TPSA) is 46.2 Å². The molecule has 0 atom stereocenters. The number of nitrogens with two attached hydrogens (primary N) is 1. The van der Waals surface area contributed by atoms with Gasteiger partial charge in [-0.1, -0.05) is 0 Å². The largest absolute Gasteiger partial charge is 0.388 e. The lowest BCUT2D eigenvalue weighted by molar-refractivity contribution is 0.109. The molecule has 0 aliphatic heterocycles. The van der Waals surface area contributed by atoms with Crippen molar-refractivity contribution in [3.05, 3.63) is 0 Å². The normalized spacial score (nSPS) is 36.8. The highest BCUT2D eigenvalue weighted by Gasteiger charge is 2.62. The van der Waals surface area contributed by atoms with Crippen LogP contribution in [0.5, 0.6) is 0 Å². The standard InChI is InChI=1S/C6H11NO/c7-5(1-2-5)6(8)3-4-6/h8H,1-4,7H2. The molecule has 8 heavy (non-hydrogen) atoms. The minimum atomic E-state index is -0.424. The minimum Gasteiger partial charge on any atom is -0.388 e. The third kappa shape index (κ3) is 0.400. The van der Waals surface area contributed by atoms with E-state index in [0.717, 1.165) is 25.7 Å². The molecule has 2 rings (SSSR count). The summed E-state index contributed by atoms with van der Waals surface area (Å²) in [6.45, 7) is 0. The highest BCUT2D eigenvalue weighted by Crippen LogP contribution is 2.55. The lowest BCUT2D eigenvalue weighted by Crippen LogP contribution is -2.38. The van der Waals surface area contributed by atoms with Crippen molar-refractivity contribution in [3.8, 4) is 0 Å². The zero-order valence-electron chi connectivity index (χ0n) is 4.85. The van der Waals surface area contributed by atoms with E-state index < -0.39 is 5.60 Å². The van der Waals surface area contributed by atoms with Crippen molar-refractivity contribution in [2.75, 3.05) is 0 Å². The Hall–Kier alpha value is -0.0800. The second-order valence-electron chi connectivity index (χ2n) is 3.19. The molecule has 46 valence electrons. The smallest absolute Gasteiger partial charge is 0.0828 e. The highest BCUT2D eigenvalue weighted by molar-refractivity contribution is 5.20. The Balaban J connectivity index is 2.15. The molecule has 0 heterocycles. The zero-order chi connectivity index (χ0) is 5.83. The van der Waals surface area contributed by atoms with E-state index in [4.69, 9.17) is 5.73 Å². The molecule has 2 aliphatic rings. The fraction of sp³-hybridized carbons (Fsp3) is 1.00. The average molecular weight is 113 g/mol. The van der Waals surface area contributed by atoms with E-state index in [2.05, 4.69) is 0 Å². The van der Waals surface area contributed by atoms with Gasteiger partial charge in [0.2, 0.25) is 0 Å². The van der Waals surface area contributed by atoms with Crippen LogP contribution >= 0.6 is 0 Å². The monoisotopic (exact) mass is 113 g/mol. The summed E-state index contributed by atoms with van der Waals surface area (Å²) < 4.78 is 0. The van der Waals surface area contributed by atoms with Gasteiger partial charge in [-0.15, -0.1) is 0 Å². The molecule has 0 spiro atoms. The third-order valence-electron chi connectivity index (χ3n) is 2.44. The number of aliphatic hydroxyl groups is 1.